The number of esters is 2. The van der Waals surface area contributed by atoms with Crippen molar-refractivity contribution in [3.63, 3.8) is 0 Å². The molecule has 0 saturated carbocycles. The molecule has 0 aromatic heterocycles. The van der Waals surface area contributed by atoms with Crippen molar-refractivity contribution < 1.29 is 19.1 Å². The highest BCUT2D eigenvalue weighted by atomic mass is 32.2. The van der Waals surface area contributed by atoms with Crippen molar-refractivity contribution in [1.82, 2.24) is 5.32 Å². The molecular formula is C16H19NO4S. The van der Waals surface area contributed by atoms with E-state index in [4.69, 9.17) is 4.74 Å². The topological polar surface area (TPSA) is 72.5 Å². The maximum atomic E-state index is 11.9. The van der Waals surface area contributed by atoms with Crippen LogP contribution in [0, 0.1) is 5.92 Å². The summed E-state index contributed by atoms with van der Waals surface area (Å²) >= 11 is 1.06. The normalized spacial score (nSPS) is 18.7. The first-order valence-corrected chi connectivity index (χ1v) is 8.27. The molecular weight excluding hydrogens is 302 g/mol. The fourth-order valence-electron chi connectivity index (χ4n) is 2.08. The molecule has 0 spiro atoms. The molecule has 22 heavy (non-hydrogen) atoms. The predicted octanol–water partition coefficient (Wildman–Crippen LogP) is 2.02. The Bertz CT molecular complexity index is 540. The summed E-state index contributed by atoms with van der Waals surface area (Å²) in [5, 5.41) is 2.89. The van der Waals surface area contributed by atoms with Crippen LogP contribution in [0.4, 0.5) is 0 Å². The number of benzene rings is 1. The van der Waals surface area contributed by atoms with Crippen LogP contribution in [-0.2, 0) is 14.3 Å². The van der Waals surface area contributed by atoms with Crippen LogP contribution >= 0.6 is 11.8 Å². The lowest BCUT2D eigenvalue weighted by molar-refractivity contribution is -0.163. The quantitative estimate of drug-likeness (QED) is 0.661. The van der Waals surface area contributed by atoms with Crippen molar-refractivity contribution in [2.75, 3.05) is 12.3 Å². The maximum Gasteiger partial charge on any atom is 0.330 e. The zero-order valence-electron chi connectivity index (χ0n) is 12.4. The van der Waals surface area contributed by atoms with Gasteiger partial charge in [-0.05, 0) is 19.4 Å². The lowest BCUT2D eigenvalue weighted by Gasteiger charge is -2.12. The molecule has 118 valence electrons. The molecule has 1 fully saturated rings. The van der Waals surface area contributed by atoms with Gasteiger partial charge >= 0.3 is 11.9 Å². The Morgan fingerprint density at radius 1 is 1.32 bits per heavy atom. The molecule has 1 saturated heterocycles. The summed E-state index contributed by atoms with van der Waals surface area (Å²) in [5.41, 5.74) is 0.597. The number of rotatable bonds is 5. The van der Waals surface area contributed by atoms with Gasteiger partial charge in [0.2, 0.25) is 5.12 Å². The molecule has 6 heteroatoms. The first-order valence-electron chi connectivity index (χ1n) is 7.29. The van der Waals surface area contributed by atoms with Crippen molar-refractivity contribution in [2.45, 2.75) is 25.8 Å². The van der Waals surface area contributed by atoms with Gasteiger partial charge in [0.15, 0.2) is 0 Å². The molecule has 2 rings (SSSR count). The van der Waals surface area contributed by atoms with E-state index in [2.05, 4.69) is 5.32 Å². The summed E-state index contributed by atoms with van der Waals surface area (Å²) in [4.78, 5) is 35.5. The summed E-state index contributed by atoms with van der Waals surface area (Å²) in [7, 11) is 0. The van der Waals surface area contributed by atoms with Crippen LogP contribution in [-0.4, -0.2) is 35.4 Å². The smallest absolute Gasteiger partial charge is 0.330 e. The molecule has 1 aromatic carbocycles. The fourth-order valence-corrected chi connectivity index (χ4v) is 2.92. The van der Waals surface area contributed by atoms with E-state index in [-0.39, 0.29) is 16.9 Å². The number of carbonyl (C=O) groups excluding carboxylic acids is 3. The lowest BCUT2D eigenvalue weighted by Crippen LogP contribution is -2.35. The molecule has 0 aliphatic carbocycles. The standard InChI is InChI=1S/C16H19NO4S/c1-11(10-22-16(20)12-6-3-2-4-7-12)14(18)21-15(19)13-8-5-9-17-13/h2-4,6-7,11,13,17H,5,8-10H2,1H3/t11-,13+/m1/s1. The van der Waals surface area contributed by atoms with Gasteiger partial charge in [-0.2, -0.15) is 0 Å². The Morgan fingerprint density at radius 2 is 2.05 bits per heavy atom. The summed E-state index contributed by atoms with van der Waals surface area (Å²) in [6.45, 7) is 2.42. The molecule has 1 aromatic rings. The van der Waals surface area contributed by atoms with Gasteiger partial charge in [-0.15, -0.1) is 0 Å². The molecule has 1 aliphatic heterocycles. The van der Waals surface area contributed by atoms with Gasteiger partial charge in [0.25, 0.3) is 0 Å². The molecule has 1 heterocycles. The minimum absolute atomic E-state index is 0.0935. The van der Waals surface area contributed by atoms with Crippen molar-refractivity contribution in [3.8, 4) is 0 Å². The fraction of sp³-hybridized carbons (Fsp3) is 0.438. The predicted molar refractivity (Wildman–Crippen MR) is 84.5 cm³/mol. The average molecular weight is 321 g/mol. The molecule has 5 nitrogen and oxygen atoms in total. The van der Waals surface area contributed by atoms with Crippen LogP contribution in [0.1, 0.15) is 30.1 Å². The largest absolute Gasteiger partial charge is 0.392 e. The van der Waals surface area contributed by atoms with Gasteiger partial charge in [0.05, 0.1) is 5.92 Å². The van der Waals surface area contributed by atoms with Crippen molar-refractivity contribution in [2.24, 2.45) is 5.92 Å². The van der Waals surface area contributed by atoms with E-state index in [1.807, 2.05) is 6.07 Å². The van der Waals surface area contributed by atoms with Crippen LogP contribution < -0.4 is 5.32 Å². The van der Waals surface area contributed by atoms with Crippen LogP contribution in [0.15, 0.2) is 30.3 Å². The molecule has 0 bridgehead atoms. The van der Waals surface area contributed by atoms with Crippen molar-refractivity contribution in [1.29, 1.82) is 0 Å². The summed E-state index contributed by atoms with van der Waals surface area (Å²) in [5.74, 6) is -1.32. The zero-order chi connectivity index (χ0) is 15.9. The van der Waals surface area contributed by atoms with E-state index >= 15 is 0 Å². The van der Waals surface area contributed by atoms with Crippen molar-refractivity contribution in [3.05, 3.63) is 35.9 Å². The molecule has 1 aliphatic rings. The van der Waals surface area contributed by atoms with Gasteiger partial charge in [-0.1, -0.05) is 49.0 Å². The van der Waals surface area contributed by atoms with Gasteiger partial charge in [0.1, 0.15) is 6.04 Å². The van der Waals surface area contributed by atoms with E-state index in [9.17, 15) is 14.4 Å². The van der Waals surface area contributed by atoms with E-state index in [0.29, 0.717) is 12.0 Å². The number of hydrogen-bond donors (Lipinski definition) is 1. The van der Waals surface area contributed by atoms with Gasteiger partial charge in [-0.25, -0.2) is 4.79 Å². The first kappa shape index (κ1) is 16.7. The summed E-state index contributed by atoms with van der Waals surface area (Å²) in [6.07, 6.45) is 1.60. The molecule has 0 amide bonds. The molecule has 1 N–H and O–H groups in total. The van der Waals surface area contributed by atoms with E-state index in [1.54, 1.807) is 31.2 Å². The van der Waals surface area contributed by atoms with Gasteiger partial charge in [-0.3, -0.25) is 9.59 Å². The monoisotopic (exact) mass is 321 g/mol. The minimum atomic E-state index is -0.577. The summed E-state index contributed by atoms with van der Waals surface area (Å²) in [6, 6.07) is 8.50. The van der Waals surface area contributed by atoms with Crippen LogP contribution in [0.25, 0.3) is 0 Å². The average Bonchev–Trinajstić information content (AvgIpc) is 3.07. The Morgan fingerprint density at radius 3 is 2.68 bits per heavy atom. The van der Waals surface area contributed by atoms with E-state index < -0.39 is 17.9 Å². The van der Waals surface area contributed by atoms with Crippen LogP contribution in [0.5, 0.6) is 0 Å². The second kappa shape index (κ2) is 8.10. The summed E-state index contributed by atoms with van der Waals surface area (Å²) < 4.78 is 4.87. The Labute approximate surface area is 133 Å². The number of thioether (sulfide) groups is 1. The van der Waals surface area contributed by atoms with Crippen LogP contribution in [0.2, 0.25) is 0 Å². The Kier molecular flexibility index (Phi) is 6.15. The zero-order valence-corrected chi connectivity index (χ0v) is 13.2. The van der Waals surface area contributed by atoms with Gasteiger partial charge in [0, 0.05) is 11.3 Å². The third-order valence-corrected chi connectivity index (χ3v) is 4.59. The second-order valence-electron chi connectivity index (χ2n) is 5.25. The maximum absolute atomic E-state index is 11.9. The Hall–Kier alpha value is -1.66. The number of carbonyl (C=O) groups is 3. The highest BCUT2D eigenvalue weighted by Crippen LogP contribution is 2.17. The highest BCUT2D eigenvalue weighted by Gasteiger charge is 2.27. The third kappa shape index (κ3) is 4.68. The molecule has 0 radical (unpaired) electrons. The van der Waals surface area contributed by atoms with Gasteiger partial charge < -0.3 is 10.1 Å². The van der Waals surface area contributed by atoms with E-state index in [1.165, 1.54) is 0 Å². The highest BCUT2D eigenvalue weighted by molar-refractivity contribution is 8.14. The first-order chi connectivity index (χ1) is 10.6. The molecule has 2 atom stereocenters. The minimum Gasteiger partial charge on any atom is -0.392 e. The number of ether oxygens (including phenoxy) is 1. The van der Waals surface area contributed by atoms with Crippen molar-refractivity contribution >= 4 is 28.8 Å². The second-order valence-corrected chi connectivity index (χ2v) is 6.25. The number of nitrogens with one attached hydrogen (secondary N) is 1. The lowest BCUT2D eigenvalue weighted by atomic mass is 10.2. The van der Waals surface area contributed by atoms with Crippen LogP contribution in [0.3, 0.4) is 0 Å². The SMILES string of the molecule is C[C@H](CSC(=O)c1ccccc1)C(=O)OC(=O)[C@@H]1CCCN1. The van der Waals surface area contributed by atoms with E-state index in [0.717, 1.165) is 24.7 Å². The number of hydrogen-bond acceptors (Lipinski definition) is 6. The molecule has 0 unspecified atom stereocenters. The third-order valence-electron chi connectivity index (χ3n) is 3.42. The Balaban J connectivity index is 1.76.